The molecule has 0 bridgehead atoms. The van der Waals surface area contributed by atoms with Gasteiger partial charge in [0.15, 0.2) is 29.1 Å². The number of methoxy groups -OCH3 is 1. The third-order valence-electron chi connectivity index (χ3n) is 12.4. The number of imide groups is 1. The highest BCUT2D eigenvalue weighted by Gasteiger charge is 2.49. The van der Waals surface area contributed by atoms with E-state index in [1.54, 1.807) is 0 Å². The fourth-order valence-electron chi connectivity index (χ4n) is 8.60. The van der Waals surface area contributed by atoms with E-state index in [0.29, 0.717) is 0 Å². The molecule has 2 aromatic heterocycles. The SMILES string of the molecule is CC[C@@]1(O)C(=O)OCc2c1cc1n(c2=O)Cc2c-1nc1cc(F)c(OC)c(F)c1c2CNC(=O)OCc1ccc(O[C@@H]2O[C@H](C(=O)O)[C@@H](O)[C@H](O)[C@H]2O)c(NC(=O)CCNC(=O)CCN2C(=O)C=CC2=O)c1. The van der Waals surface area contributed by atoms with Crippen LogP contribution in [0.5, 0.6) is 11.5 Å². The van der Waals surface area contributed by atoms with Gasteiger partial charge in [-0.15, -0.1) is 0 Å². The molecule has 4 aromatic rings. The summed E-state index contributed by atoms with van der Waals surface area (Å²) in [6.07, 6.45) is -9.81. The number of hydrogen-bond donors (Lipinski definition) is 8. The molecule has 0 saturated carbocycles. The first-order valence-electron chi connectivity index (χ1n) is 22.0. The summed E-state index contributed by atoms with van der Waals surface area (Å²) in [5.41, 5.74) is -2.66. The van der Waals surface area contributed by atoms with Gasteiger partial charge in [-0.2, -0.15) is 0 Å². The number of carbonyl (C=O) groups excluding carboxylic acids is 6. The lowest BCUT2D eigenvalue weighted by Gasteiger charge is -2.38. The Bertz CT molecular complexity index is 3040. The zero-order valence-electron chi connectivity index (χ0n) is 37.9. The van der Waals surface area contributed by atoms with Crippen molar-refractivity contribution in [3.05, 3.63) is 92.3 Å². The van der Waals surface area contributed by atoms with Crippen LogP contribution in [0.2, 0.25) is 0 Å². The normalized spacial score (nSPS) is 21.9. The molecule has 4 aliphatic heterocycles. The number of anilines is 1. The van der Waals surface area contributed by atoms with E-state index in [2.05, 4.69) is 20.9 Å². The van der Waals surface area contributed by atoms with Gasteiger partial charge in [-0.25, -0.2) is 28.1 Å². The van der Waals surface area contributed by atoms with Crippen molar-refractivity contribution >= 4 is 58.3 Å². The van der Waals surface area contributed by atoms with Gasteiger partial charge in [0, 0.05) is 67.2 Å². The van der Waals surface area contributed by atoms with Gasteiger partial charge in [0.2, 0.25) is 18.1 Å². The lowest BCUT2D eigenvalue weighted by atomic mass is 9.86. The van der Waals surface area contributed by atoms with Crippen LogP contribution in [0.3, 0.4) is 0 Å². The second-order valence-corrected chi connectivity index (χ2v) is 16.8. The van der Waals surface area contributed by atoms with Gasteiger partial charge in [-0.3, -0.25) is 28.9 Å². The summed E-state index contributed by atoms with van der Waals surface area (Å²) in [6.45, 7) is -0.632. The Morgan fingerprint density at radius 3 is 2.38 bits per heavy atom. The van der Waals surface area contributed by atoms with Crippen molar-refractivity contribution in [2.75, 3.05) is 25.5 Å². The number of ether oxygens (including phenoxy) is 5. The van der Waals surface area contributed by atoms with Gasteiger partial charge in [0.25, 0.3) is 17.4 Å². The zero-order chi connectivity index (χ0) is 51.9. The van der Waals surface area contributed by atoms with E-state index in [1.807, 2.05) is 0 Å². The van der Waals surface area contributed by atoms with Crippen molar-refractivity contribution in [3.63, 3.8) is 0 Å². The van der Waals surface area contributed by atoms with Crippen LogP contribution < -0.4 is 31.0 Å². The molecule has 24 nitrogen and oxygen atoms in total. The summed E-state index contributed by atoms with van der Waals surface area (Å²) in [5, 5.41) is 59.2. The number of carbonyl (C=O) groups is 7. The molecule has 0 unspecified atom stereocenters. The number of carboxylic acid groups (broad SMARTS) is 1. The number of alkyl carbamates (subject to hydrolysis) is 1. The number of carboxylic acids is 1. The monoisotopic (exact) mass is 1010 g/mol. The van der Waals surface area contributed by atoms with Crippen LogP contribution in [0.4, 0.5) is 19.3 Å². The standard InChI is InChI=1S/C46H44F2N6O18/c1-3-46(67)23-13-27-35-21(16-54(27)41(62)22(23)18-69-44(46)65)20(33-26(52-35)14-24(47)39(68-2)34(33)48)15-50-45(66)70-17-19-4-5-28(71-43-38(61)36(59)37(60)40(72-43)42(63)64)25(12-19)51-30(56)8-10-49-29(55)9-11-53-31(57)6-7-32(53)58/h4-7,12-14,36-38,40,43,59-61,67H,3,8-11,15-18H2,1-2H3,(H,49,55)(H,50,66)(H,51,56)(H,63,64)/t36-,37-,38+,40-,43+,46-/m0/s1. The molecular weight excluding hydrogens is 963 g/mol. The second kappa shape index (κ2) is 20.1. The van der Waals surface area contributed by atoms with E-state index in [1.165, 1.54) is 35.8 Å². The summed E-state index contributed by atoms with van der Waals surface area (Å²) >= 11 is 0. The first kappa shape index (κ1) is 50.5. The second-order valence-electron chi connectivity index (χ2n) is 16.8. The van der Waals surface area contributed by atoms with Crippen LogP contribution in [0, 0.1) is 11.6 Å². The molecule has 6 heterocycles. The minimum atomic E-state index is -2.17. The molecule has 0 aliphatic carbocycles. The molecule has 72 heavy (non-hydrogen) atoms. The number of aliphatic hydroxyl groups excluding tert-OH is 3. The van der Waals surface area contributed by atoms with Gasteiger partial charge in [-0.05, 0) is 35.7 Å². The third-order valence-corrected chi connectivity index (χ3v) is 12.4. The molecule has 26 heteroatoms. The first-order chi connectivity index (χ1) is 34.3. The van der Waals surface area contributed by atoms with Gasteiger partial charge in [-0.1, -0.05) is 13.0 Å². The largest absolute Gasteiger partial charge is 0.491 e. The predicted molar refractivity (Wildman–Crippen MR) is 236 cm³/mol. The Hall–Kier alpha value is -7.91. The molecule has 0 radical (unpaired) electrons. The summed E-state index contributed by atoms with van der Waals surface area (Å²) in [7, 11) is 1.04. The zero-order valence-corrected chi connectivity index (χ0v) is 37.9. The van der Waals surface area contributed by atoms with E-state index in [9.17, 15) is 63.9 Å². The number of halogens is 2. The van der Waals surface area contributed by atoms with Gasteiger partial charge in [0.05, 0.1) is 41.8 Å². The Morgan fingerprint density at radius 1 is 0.944 bits per heavy atom. The number of nitrogens with one attached hydrogen (secondary N) is 3. The van der Waals surface area contributed by atoms with Gasteiger partial charge < -0.3 is 69.7 Å². The molecule has 5 amide bonds. The highest BCUT2D eigenvalue weighted by atomic mass is 19.1. The number of nitrogens with zero attached hydrogens (tertiary/aromatic N) is 3. The molecule has 0 spiro atoms. The average molecular weight is 1010 g/mol. The highest BCUT2D eigenvalue weighted by Crippen LogP contribution is 2.42. The number of aliphatic hydroxyl groups is 4. The fourth-order valence-corrected chi connectivity index (χ4v) is 8.60. The molecule has 1 saturated heterocycles. The lowest BCUT2D eigenvalue weighted by molar-refractivity contribution is -0.271. The van der Waals surface area contributed by atoms with Crippen LogP contribution in [0.25, 0.3) is 22.3 Å². The summed E-state index contributed by atoms with van der Waals surface area (Å²) < 4.78 is 59.1. The number of esters is 1. The predicted octanol–water partition coefficient (Wildman–Crippen LogP) is -0.176. The van der Waals surface area contributed by atoms with E-state index in [4.69, 9.17) is 23.7 Å². The number of cyclic esters (lactones) is 1. The molecule has 6 atom stereocenters. The van der Waals surface area contributed by atoms with Crippen LogP contribution >= 0.6 is 0 Å². The summed E-state index contributed by atoms with van der Waals surface area (Å²) in [4.78, 5) is 106. The number of hydrogen-bond acceptors (Lipinski definition) is 18. The number of aliphatic carboxylic acids is 1. The smallest absolute Gasteiger partial charge is 0.407 e. The summed E-state index contributed by atoms with van der Waals surface area (Å²) in [5.74, 6) is -8.48. The lowest BCUT2D eigenvalue weighted by Crippen LogP contribution is -2.61. The van der Waals surface area contributed by atoms with Crippen molar-refractivity contribution < 1.29 is 91.6 Å². The van der Waals surface area contributed by atoms with E-state index in [0.717, 1.165) is 30.2 Å². The van der Waals surface area contributed by atoms with E-state index >= 15 is 8.78 Å². The average Bonchev–Trinajstić information content (AvgIpc) is 3.88. The van der Waals surface area contributed by atoms with Crippen LogP contribution in [0.1, 0.15) is 54.0 Å². The number of rotatable bonds is 16. The molecule has 1 fully saturated rings. The molecule has 2 aromatic carbocycles. The summed E-state index contributed by atoms with van der Waals surface area (Å²) in [6, 6.07) is 6.07. The third kappa shape index (κ3) is 9.39. The van der Waals surface area contributed by atoms with E-state index < -0.39 is 121 Å². The highest BCUT2D eigenvalue weighted by molar-refractivity contribution is 6.13. The Balaban J connectivity index is 1.01. The van der Waals surface area contributed by atoms with Crippen molar-refractivity contribution in [1.29, 1.82) is 0 Å². The molecular formula is C46H44F2N6O18. The molecule has 380 valence electrons. The Kier molecular flexibility index (Phi) is 14.1. The molecule has 4 aliphatic rings. The maximum absolute atomic E-state index is 16.2. The maximum atomic E-state index is 16.2. The van der Waals surface area contributed by atoms with Crippen molar-refractivity contribution in [3.8, 4) is 22.9 Å². The van der Waals surface area contributed by atoms with Crippen molar-refractivity contribution in [1.82, 2.24) is 25.1 Å². The Labute approximate surface area is 403 Å². The molecule has 8 N–H and O–H groups in total. The number of amides is 5. The van der Waals surface area contributed by atoms with Crippen molar-refractivity contribution in [2.24, 2.45) is 0 Å². The first-order valence-corrected chi connectivity index (χ1v) is 22.0. The van der Waals surface area contributed by atoms with Crippen LogP contribution in [0.15, 0.2) is 47.3 Å². The molecule has 8 rings (SSSR count). The minimum absolute atomic E-state index is 0.00113. The maximum Gasteiger partial charge on any atom is 0.407 e. The fraction of sp³-hybridized carbons (Fsp3) is 0.370. The number of aromatic nitrogens is 2. The van der Waals surface area contributed by atoms with Gasteiger partial charge in [0.1, 0.15) is 37.3 Å². The van der Waals surface area contributed by atoms with Crippen LogP contribution in [-0.4, -0.2) is 133 Å². The number of benzene rings is 2. The van der Waals surface area contributed by atoms with Crippen molar-refractivity contribution in [2.45, 2.75) is 88.8 Å². The topological polar surface area (TPSA) is 341 Å². The van der Waals surface area contributed by atoms with Gasteiger partial charge >= 0.3 is 18.0 Å². The van der Waals surface area contributed by atoms with E-state index in [-0.39, 0.29) is 100 Å². The minimum Gasteiger partial charge on any atom is -0.491 e. The Morgan fingerprint density at radius 2 is 1.68 bits per heavy atom. The quantitative estimate of drug-likeness (QED) is 0.0470. The van der Waals surface area contributed by atoms with Crippen LogP contribution in [-0.2, 0) is 74.9 Å². The number of fused-ring (bicyclic) bond motifs is 5. The number of pyridine rings is 2.